The number of anilines is 2. The Kier molecular flexibility index (Phi) is 1.96. The topological polar surface area (TPSA) is 3.24 Å². The molecule has 0 fully saturated rings. The molecule has 1 heterocycles. The maximum absolute atomic E-state index is 4.10. The Morgan fingerprint density at radius 3 is 1.80 bits per heavy atom. The second kappa shape index (κ2) is 3.31. The van der Waals surface area contributed by atoms with Crippen molar-refractivity contribution in [2.75, 3.05) is 4.90 Å². The summed E-state index contributed by atoms with van der Waals surface area (Å²) in [5.41, 5.74) is 2.36. The van der Waals surface area contributed by atoms with Gasteiger partial charge in [0.15, 0.2) is 0 Å². The van der Waals surface area contributed by atoms with Crippen LogP contribution in [0.25, 0.3) is 0 Å². The molecule has 0 aliphatic carbocycles. The van der Waals surface area contributed by atoms with Crippen LogP contribution in [0, 0.1) is 7.05 Å². The Balaban J connectivity index is 2.20. The van der Waals surface area contributed by atoms with Crippen LogP contribution in [0.1, 0.15) is 0 Å². The van der Waals surface area contributed by atoms with Crippen molar-refractivity contribution in [1.82, 2.24) is 0 Å². The quantitative estimate of drug-likeness (QED) is 0.647. The first-order chi connectivity index (χ1) is 7.36. The smallest absolute Gasteiger partial charge is 0.0553 e. The van der Waals surface area contributed by atoms with Crippen molar-refractivity contribution in [3.8, 4) is 0 Å². The van der Waals surface area contributed by atoms with E-state index < -0.39 is 0 Å². The lowest BCUT2D eigenvalue weighted by atomic mass is 10.2. The van der Waals surface area contributed by atoms with Crippen molar-refractivity contribution in [2.45, 2.75) is 9.79 Å². The van der Waals surface area contributed by atoms with Crippen LogP contribution >= 0.6 is 11.8 Å². The fourth-order valence-electron chi connectivity index (χ4n) is 1.78. The van der Waals surface area contributed by atoms with E-state index in [2.05, 4.69) is 43.4 Å². The summed E-state index contributed by atoms with van der Waals surface area (Å²) in [5, 5.41) is 0. The van der Waals surface area contributed by atoms with E-state index in [0.29, 0.717) is 0 Å². The van der Waals surface area contributed by atoms with E-state index in [1.165, 1.54) is 21.2 Å². The maximum Gasteiger partial charge on any atom is 0.0553 e. The molecule has 0 saturated carbocycles. The minimum Gasteiger partial charge on any atom is -0.338 e. The first kappa shape index (κ1) is 8.86. The highest BCUT2D eigenvalue weighted by atomic mass is 32.2. The molecule has 2 aromatic carbocycles. The molecule has 0 N–H and O–H groups in total. The number of hydrogen-bond acceptors (Lipinski definition) is 2. The molecule has 0 aromatic heterocycles. The zero-order valence-electron chi connectivity index (χ0n) is 8.18. The van der Waals surface area contributed by atoms with E-state index in [4.69, 9.17) is 0 Å². The molecule has 0 spiro atoms. The van der Waals surface area contributed by atoms with Gasteiger partial charge in [0.1, 0.15) is 0 Å². The second-order valence-corrected chi connectivity index (χ2v) is 4.55. The Bertz CT molecular complexity index is 462. The van der Waals surface area contributed by atoms with Crippen LogP contribution in [-0.2, 0) is 0 Å². The van der Waals surface area contributed by atoms with Crippen LogP contribution in [0.4, 0.5) is 11.4 Å². The average Bonchev–Trinajstić information content (AvgIpc) is 2.30. The summed E-state index contributed by atoms with van der Waals surface area (Å²) < 4.78 is 0. The van der Waals surface area contributed by atoms with E-state index in [0.717, 1.165) is 0 Å². The van der Waals surface area contributed by atoms with E-state index in [-0.39, 0.29) is 0 Å². The van der Waals surface area contributed by atoms with Crippen molar-refractivity contribution in [2.24, 2.45) is 0 Å². The molecule has 73 valence electrons. The predicted octanol–water partition coefficient (Wildman–Crippen LogP) is 4.08. The second-order valence-electron chi connectivity index (χ2n) is 3.47. The van der Waals surface area contributed by atoms with Gasteiger partial charge in [-0.1, -0.05) is 36.0 Å². The molecule has 0 bridgehead atoms. The number of fused-ring (bicyclic) bond motifs is 2. The van der Waals surface area contributed by atoms with Crippen molar-refractivity contribution in [3.63, 3.8) is 0 Å². The van der Waals surface area contributed by atoms with Gasteiger partial charge < -0.3 is 4.90 Å². The number of benzene rings is 2. The zero-order valence-corrected chi connectivity index (χ0v) is 9.00. The van der Waals surface area contributed by atoms with Crippen LogP contribution in [0.2, 0.25) is 0 Å². The molecule has 1 aliphatic heterocycles. The summed E-state index contributed by atoms with van der Waals surface area (Å²) in [6, 6.07) is 16.7. The SMILES string of the molecule is [CH2]N1c2ccccc2Sc2ccccc21. The maximum atomic E-state index is 4.10. The average molecular weight is 212 g/mol. The molecule has 0 atom stereocenters. The first-order valence-corrected chi connectivity index (χ1v) is 5.64. The van der Waals surface area contributed by atoms with Gasteiger partial charge >= 0.3 is 0 Å². The van der Waals surface area contributed by atoms with Crippen molar-refractivity contribution >= 4 is 23.1 Å². The lowest BCUT2D eigenvalue weighted by Crippen LogP contribution is -2.11. The molecular weight excluding hydrogens is 202 g/mol. The highest BCUT2D eigenvalue weighted by Crippen LogP contribution is 2.47. The highest BCUT2D eigenvalue weighted by molar-refractivity contribution is 7.99. The summed E-state index contributed by atoms with van der Waals surface area (Å²) in [7, 11) is 4.10. The number of hydrogen-bond donors (Lipinski definition) is 0. The lowest BCUT2D eigenvalue weighted by molar-refractivity contribution is 1.16. The summed E-state index contributed by atoms with van der Waals surface area (Å²) in [6.07, 6.45) is 0. The van der Waals surface area contributed by atoms with Gasteiger partial charge in [0.2, 0.25) is 0 Å². The van der Waals surface area contributed by atoms with Crippen LogP contribution in [0.3, 0.4) is 0 Å². The third-order valence-electron chi connectivity index (χ3n) is 2.53. The molecule has 0 amide bonds. The fraction of sp³-hybridized carbons (Fsp3) is 0. The van der Waals surface area contributed by atoms with Crippen molar-refractivity contribution in [3.05, 3.63) is 55.6 Å². The Morgan fingerprint density at radius 2 is 1.27 bits per heavy atom. The van der Waals surface area contributed by atoms with Gasteiger partial charge in [0.05, 0.1) is 11.4 Å². The summed E-state index contributed by atoms with van der Waals surface area (Å²) >= 11 is 1.80. The Morgan fingerprint density at radius 1 is 0.800 bits per heavy atom. The van der Waals surface area contributed by atoms with Gasteiger partial charge in [-0.3, -0.25) is 0 Å². The van der Waals surface area contributed by atoms with Gasteiger partial charge in [-0.15, -0.1) is 0 Å². The molecule has 3 rings (SSSR count). The normalized spacial score (nSPS) is 13.3. The molecule has 0 unspecified atom stereocenters. The monoisotopic (exact) mass is 212 g/mol. The van der Waals surface area contributed by atoms with Gasteiger partial charge in [0, 0.05) is 16.8 Å². The van der Waals surface area contributed by atoms with Crippen LogP contribution in [0.5, 0.6) is 0 Å². The number of nitrogens with zero attached hydrogens (tertiary/aromatic N) is 1. The first-order valence-electron chi connectivity index (χ1n) is 4.83. The molecule has 0 saturated heterocycles. The van der Waals surface area contributed by atoms with E-state index in [1.54, 1.807) is 11.8 Å². The van der Waals surface area contributed by atoms with Gasteiger partial charge in [-0.2, -0.15) is 0 Å². The number of rotatable bonds is 0. The minimum atomic E-state index is 1.18. The van der Waals surface area contributed by atoms with Gasteiger partial charge in [-0.05, 0) is 24.3 Å². The standard InChI is InChI=1S/C13H10NS/c1-14-10-6-2-4-8-12(10)15-13-9-5-3-7-11(13)14/h2-9H,1H2. The predicted molar refractivity (Wildman–Crippen MR) is 64.5 cm³/mol. The third-order valence-corrected chi connectivity index (χ3v) is 3.66. The molecule has 2 aromatic rings. The molecule has 1 nitrogen and oxygen atoms in total. The molecular formula is C13H10NS. The third kappa shape index (κ3) is 1.33. The molecule has 15 heavy (non-hydrogen) atoms. The van der Waals surface area contributed by atoms with Crippen LogP contribution < -0.4 is 4.90 Å². The van der Waals surface area contributed by atoms with E-state index in [9.17, 15) is 0 Å². The van der Waals surface area contributed by atoms with Crippen molar-refractivity contribution in [1.29, 1.82) is 0 Å². The Labute approximate surface area is 93.7 Å². The summed E-state index contributed by atoms with van der Waals surface area (Å²) in [4.78, 5) is 4.54. The minimum absolute atomic E-state index is 1.18. The van der Waals surface area contributed by atoms with Gasteiger partial charge in [0.25, 0.3) is 0 Å². The molecule has 1 aliphatic rings. The fourth-order valence-corrected chi connectivity index (χ4v) is 2.88. The Hall–Kier alpha value is -1.41. The zero-order chi connectivity index (χ0) is 10.3. The number of para-hydroxylation sites is 2. The molecule has 2 heteroatoms. The van der Waals surface area contributed by atoms with E-state index in [1.807, 2.05) is 17.0 Å². The van der Waals surface area contributed by atoms with Gasteiger partial charge in [-0.25, -0.2) is 0 Å². The van der Waals surface area contributed by atoms with Crippen molar-refractivity contribution < 1.29 is 0 Å². The van der Waals surface area contributed by atoms with E-state index >= 15 is 0 Å². The lowest BCUT2D eigenvalue weighted by Gasteiger charge is -2.28. The summed E-state index contributed by atoms with van der Waals surface area (Å²) in [6.45, 7) is 0. The van der Waals surface area contributed by atoms with Crippen LogP contribution in [-0.4, -0.2) is 0 Å². The van der Waals surface area contributed by atoms with Crippen LogP contribution in [0.15, 0.2) is 58.3 Å². The summed E-state index contributed by atoms with van der Waals surface area (Å²) in [5.74, 6) is 0. The largest absolute Gasteiger partial charge is 0.338 e. The highest BCUT2D eigenvalue weighted by Gasteiger charge is 2.18. The molecule has 1 radical (unpaired) electrons.